The van der Waals surface area contributed by atoms with Gasteiger partial charge in [-0.05, 0) is 37.3 Å². The van der Waals surface area contributed by atoms with Crippen molar-refractivity contribution in [2.45, 2.75) is 6.92 Å². The first-order valence-corrected chi connectivity index (χ1v) is 9.29. The Morgan fingerprint density at radius 3 is 2.68 bits per heavy atom. The molecule has 0 saturated carbocycles. The summed E-state index contributed by atoms with van der Waals surface area (Å²) in [6, 6.07) is 13.1. The average Bonchev–Trinajstić information content (AvgIpc) is 3.03. The smallest absolute Gasteiger partial charge is 0.259 e. The number of halogens is 2. The zero-order valence-electron chi connectivity index (χ0n) is 15.2. The molecule has 3 aromatic rings. The van der Waals surface area contributed by atoms with E-state index in [1.807, 2.05) is 18.2 Å². The van der Waals surface area contributed by atoms with Crippen molar-refractivity contribution in [1.29, 1.82) is 0 Å². The van der Waals surface area contributed by atoms with E-state index in [0.29, 0.717) is 53.0 Å². The fraction of sp³-hybridized carbons (Fsp3) is 0.238. The summed E-state index contributed by atoms with van der Waals surface area (Å²) in [5.41, 5.74) is 1.56. The molecule has 1 aromatic heterocycles. The van der Waals surface area contributed by atoms with E-state index in [0.717, 1.165) is 0 Å². The van der Waals surface area contributed by atoms with Crippen molar-refractivity contribution in [3.8, 4) is 17.0 Å². The molecule has 0 bridgehead atoms. The molecule has 5 nitrogen and oxygen atoms in total. The van der Waals surface area contributed by atoms with Gasteiger partial charge in [-0.3, -0.25) is 4.79 Å². The highest BCUT2D eigenvalue weighted by Crippen LogP contribution is 2.33. The number of carbonyl (C=O) groups excluding carboxylic acids is 1. The standard InChI is InChI=1S/C21H18ClFN2O3/c1-13-19(20(24-28-13)17-4-2-3-5-18(17)22)21(26)25-10-14(11-25)12-27-16-8-6-15(23)7-9-16/h2-9,14H,10-12H2,1H3. The third kappa shape index (κ3) is 3.60. The zero-order chi connectivity index (χ0) is 19.7. The van der Waals surface area contributed by atoms with Gasteiger partial charge in [0, 0.05) is 24.6 Å². The number of aromatic nitrogens is 1. The molecule has 28 heavy (non-hydrogen) atoms. The Morgan fingerprint density at radius 2 is 1.96 bits per heavy atom. The number of nitrogens with zero attached hydrogens (tertiary/aromatic N) is 2. The van der Waals surface area contributed by atoms with Gasteiger partial charge < -0.3 is 14.2 Å². The Bertz CT molecular complexity index is 997. The van der Waals surface area contributed by atoms with E-state index < -0.39 is 0 Å². The van der Waals surface area contributed by atoms with Crippen molar-refractivity contribution < 1.29 is 18.4 Å². The molecule has 2 aromatic carbocycles. The number of ether oxygens (including phenoxy) is 1. The van der Waals surface area contributed by atoms with Crippen LogP contribution in [0.1, 0.15) is 16.1 Å². The molecule has 1 aliphatic rings. The zero-order valence-corrected chi connectivity index (χ0v) is 15.9. The van der Waals surface area contributed by atoms with Crippen LogP contribution in [0.15, 0.2) is 53.1 Å². The summed E-state index contributed by atoms with van der Waals surface area (Å²) in [6.07, 6.45) is 0. The highest BCUT2D eigenvalue weighted by atomic mass is 35.5. The summed E-state index contributed by atoms with van der Waals surface area (Å²) in [4.78, 5) is 14.7. The monoisotopic (exact) mass is 400 g/mol. The molecule has 7 heteroatoms. The lowest BCUT2D eigenvalue weighted by atomic mass is 9.98. The van der Waals surface area contributed by atoms with Gasteiger partial charge in [0.2, 0.25) is 0 Å². The molecule has 4 rings (SSSR count). The van der Waals surface area contributed by atoms with Gasteiger partial charge in [-0.2, -0.15) is 0 Å². The number of hydrogen-bond acceptors (Lipinski definition) is 4. The van der Waals surface area contributed by atoms with Crippen molar-refractivity contribution in [1.82, 2.24) is 10.1 Å². The summed E-state index contributed by atoms with van der Waals surface area (Å²) in [6.45, 7) is 3.34. The van der Waals surface area contributed by atoms with Gasteiger partial charge in [-0.1, -0.05) is 35.0 Å². The third-order valence-corrected chi connectivity index (χ3v) is 5.08. The average molecular weight is 401 g/mol. The van der Waals surface area contributed by atoms with Crippen LogP contribution in [0.4, 0.5) is 4.39 Å². The number of carbonyl (C=O) groups is 1. The molecule has 2 heterocycles. The van der Waals surface area contributed by atoms with Crippen LogP contribution in [0.25, 0.3) is 11.3 Å². The Kier molecular flexibility index (Phi) is 5.05. The fourth-order valence-corrected chi connectivity index (χ4v) is 3.43. The number of rotatable bonds is 5. The molecule has 144 valence electrons. The topological polar surface area (TPSA) is 55.6 Å². The largest absolute Gasteiger partial charge is 0.493 e. The molecule has 0 radical (unpaired) electrons. The lowest BCUT2D eigenvalue weighted by molar-refractivity contribution is 0.0392. The van der Waals surface area contributed by atoms with Gasteiger partial charge in [0.25, 0.3) is 5.91 Å². The second-order valence-corrected chi connectivity index (χ2v) is 7.19. The lowest BCUT2D eigenvalue weighted by Gasteiger charge is -2.39. The van der Waals surface area contributed by atoms with Crippen molar-refractivity contribution >= 4 is 17.5 Å². The van der Waals surface area contributed by atoms with Crippen LogP contribution in [0, 0.1) is 18.7 Å². The summed E-state index contributed by atoms with van der Waals surface area (Å²) < 4.78 is 23.9. The molecule has 1 amide bonds. The second-order valence-electron chi connectivity index (χ2n) is 6.78. The number of amides is 1. The van der Waals surface area contributed by atoms with Gasteiger partial charge in [0.1, 0.15) is 28.6 Å². The molecule has 0 unspecified atom stereocenters. The first-order valence-electron chi connectivity index (χ1n) is 8.91. The number of aryl methyl sites for hydroxylation is 1. The van der Waals surface area contributed by atoms with Crippen LogP contribution >= 0.6 is 11.6 Å². The Hall–Kier alpha value is -2.86. The molecule has 0 N–H and O–H groups in total. The van der Waals surface area contributed by atoms with Crippen molar-refractivity contribution in [3.05, 3.63) is 70.7 Å². The van der Waals surface area contributed by atoms with E-state index in [1.54, 1.807) is 30.0 Å². The van der Waals surface area contributed by atoms with E-state index in [4.69, 9.17) is 20.9 Å². The van der Waals surface area contributed by atoms with Crippen LogP contribution in [0.3, 0.4) is 0 Å². The summed E-state index contributed by atoms with van der Waals surface area (Å²) >= 11 is 6.26. The first kappa shape index (κ1) is 18.5. The fourth-order valence-electron chi connectivity index (χ4n) is 3.21. The van der Waals surface area contributed by atoms with Crippen LogP contribution in [-0.4, -0.2) is 35.7 Å². The predicted molar refractivity (Wildman–Crippen MR) is 103 cm³/mol. The molecule has 0 aliphatic carbocycles. The van der Waals surface area contributed by atoms with E-state index in [-0.39, 0.29) is 17.6 Å². The maximum Gasteiger partial charge on any atom is 0.259 e. The Morgan fingerprint density at radius 1 is 1.25 bits per heavy atom. The van der Waals surface area contributed by atoms with E-state index in [1.165, 1.54) is 12.1 Å². The SMILES string of the molecule is Cc1onc(-c2ccccc2Cl)c1C(=O)N1CC(COc2ccc(F)cc2)C1. The minimum absolute atomic E-state index is 0.133. The summed E-state index contributed by atoms with van der Waals surface area (Å²) in [7, 11) is 0. The van der Waals surface area contributed by atoms with Crippen molar-refractivity contribution in [2.75, 3.05) is 19.7 Å². The van der Waals surface area contributed by atoms with Gasteiger partial charge in [0.05, 0.1) is 11.6 Å². The van der Waals surface area contributed by atoms with E-state index in [2.05, 4.69) is 5.16 Å². The minimum Gasteiger partial charge on any atom is -0.493 e. The van der Waals surface area contributed by atoms with Gasteiger partial charge in [-0.25, -0.2) is 4.39 Å². The van der Waals surface area contributed by atoms with Crippen LogP contribution in [0.2, 0.25) is 5.02 Å². The van der Waals surface area contributed by atoms with E-state index in [9.17, 15) is 9.18 Å². The highest BCUT2D eigenvalue weighted by Gasteiger charge is 2.35. The molecule has 0 spiro atoms. The molecule has 0 atom stereocenters. The third-order valence-electron chi connectivity index (χ3n) is 4.75. The maximum absolute atomic E-state index is 13.0. The van der Waals surface area contributed by atoms with Crippen molar-refractivity contribution in [2.24, 2.45) is 5.92 Å². The Balaban J connectivity index is 1.41. The Labute approximate surface area is 166 Å². The van der Waals surface area contributed by atoms with Crippen LogP contribution in [0.5, 0.6) is 5.75 Å². The normalized spacial score (nSPS) is 14.0. The molecular formula is C21H18ClFN2O3. The second kappa shape index (κ2) is 7.64. The molecule has 1 aliphatic heterocycles. The quantitative estimate of drug-likeness (QED) is 0.628. The van der Waals surface area contributed by atoms with Crippen LogP contribution < -0.4 is 4.74 Å². The molecule has 1 fully saturated rings. The lowest BCUT2D eigenvalue weighted by Crippen LogP contribution is -2.52. The van der Waals surface area contributed by atoms with Gasteiger partial charge >= 0.3 is 0 Å². The van der Waals surface area contributed by atoms with E-state index >= 15 is 0 Å². The number of hydrogen-bond donors (Lipinski definition) is 0. The minimum atomic E-state index is -0.300. The predicted octanol–water partition coefficient (Wildman–Crippen LogP) is 4.59. The van der Waals surface area contributed by atoms with Crippen LogP contribution in [-0.2, 0) is 0 Å². The molecular weight excluding hydrogens is 383 g/mol. The number of likely N-dealkylation sites (tertiary alicyclic amines) is 1. The van der Waals surface area contributed by atoms with Gasteiger partial charge in [-0.15, -0.1) is 0 Å². The highest BCUT2D eigenvalue weighted by molar-refractivity contribution is 6.33. The summed E-state index contributed by atoms with van der Waals surface area (Å²) in [5.74, 6) is 0.865. The number of benzene rings is 2. The molecule has 1 saturated heterocycles. The maximum atomic E-state index is 13.0. The van der Waals surface area contributed by atoms with Crippen molar-refractivity contribution in [3.63, 3.8) is 0 Å². The summed E-state index contributed by atoms with van der Waals surface area (Å²) in [5, 5.41) is 4.56. The van der Waals surface area contributed by atoms with Gasteiger partial charge in [0.15, 0.2) is 0 Å². The first-order chi connectivity index (χ1) is 13.5.